The molecule has 0 fully saturated rings. The molecule has 0 radical (unpaired) electrons. The lowest BCUT2D eigenvalue weighted by atomic mass is 9.98. The van der Waals surface area contributed by atoms with Crippen molar-refractivity contribution in [2.75, 3.05) is 6.54 Å². The maximum atomic E-state index is 5.47. The number of rotatable bonds is 4. The molecule has 6 heteroatoms. The highest BCUT2D eigenvalue weighted by Gasteiger charge is 2.31. The smallest absolute Gasteiger partial charge is 0.202 e. The predicted octanol–water partition coefficient (Wildman–Crippen LogP) is 5.21. The van der Waals surface area contributed by atoms with E-state index in [-0.39, 0.29) is 0 Å². The van der Waals surface area contributed by atoms with Gasteiger partial charge in [0.1, 0.15) is 0 Å². The van der Waals surface area contributed by atoms with Gasteiger partial charge < -0.3 is 8.94 Å². The van der Waals surface area contributed by atoms with E-state index in [1.54, 1.807) is 6.26 Å². The summed E-state index contributed by atoms with van der Waals surface area (Å²) in [5.74, 6) is 1.40. The molecule has 5 heterocycles. The summed E-state index contributed by atoms with van der Waals surface area (Å²) >= 11 is 3.69. The fourth-order valence-electron chi connectivity index (χ4n) is 3.45. The molecule has 0 unspecified atom stereocenters. The van der Waals surface area contributed by atoms with Crippen LogP contribution in [0.3, 0.4) is 0 Å². The molecular weight excluding hydrogens is 352 g/mol. The molecule has 0 saturated heterocycles. The summed E-state index contributed by atoms with van der Waals surface area (Å²) in [7, 11) is 0. The highest BCUT2D eigenvalue weighted by molar-refractivity contribution is 7.10. The van der Waals surface area contributed by atoms with Gasteiger partial charge in [0.15, 0.2) is 5.76 Å². The zero-order chi connectivity index (χ0) is 16.6. The molecule has 1 aliphatic heterocycles. The molecule has 5 rings (SSSR count). The van der Waals surface area contributed by atoms with Gasteiger partial charge in [-0.1, -0.05) is 11.2 Å². The normalized spacial score (nSPS) is 17.7. The summed E-state index contributed by atoms with van der Waals surface area (Å²) in [6.07, 6.45) is 2.74. The summed E-state index contributed by atoms with van der Waals surface area (Å²) in [6.45, 7) is 1.79. The van der Waals surface area contributed by atoms with Crippen molar-refractivity contribution in [3.05, 3.63) is 74.4 Å². The lowest BCUT2D eigenvalue weighted by Gasteiger charge is -2.34. The molecule has 4 nitrogen and oxygen atoms in total. The van der Waals surface area contributed by atoms with Crippen LogP contribution in [0, 0.1) is 0 Å². The zero-order valence-electron chi connectivity index (χ0n) is 13.4. The second kappa shape index (κ2) is 6.29. The first-order valence-electron chi connectivity index (χ1n) is 8.21. The predicted molar refractivity (Wildman–Crippen MR) is 98.8 cm³/mol. The van der Waals surface area contributed by atoms with Gasteiger partial charge >= 0.3 is 0 Å². The molecule has 0 spiro atoms. The van der Waals surface area contributed by atoms with E-state index in [0.29, 0.717) is 17.6 Å². The van der Waals surface area contributed by atoms with Gasteiger partial charge in [0, 0.05) is 28.9 Å². The molecule has 0 amide bonds. The molecule has 0 aliphatic carbocycles. The minimum absolute atomic E-state index is 0.304. The van der Waals surface area contributed by atoms with Crippen LogP contribution in [0.5, 0.6) is 0 Å². The van der Waals surface area contributed by atoms with Crippen molar-refractivity contribution in [3.8, 4) is 11.5 Å². The van der Waals surface area contributed by atoms with Crippen molar-refractivity contribution in [1.82, 2.24) is 10.1 Å². The van der Waals surface area contributed by atoms with E-state index in [4.69, 9.17) is 8.94 Å². The fourth-order valence-corrected chi connectivity index (χ4v) is 5.23. The first kappa shape index (κ1) is 15.1. The van der Waals surface area contributed by atoms with Gasteiger partial charge in [-0.2, -0.15) is 0 Å². The number of nitrogens with zero attached hydrogens (tertiary/aromatic N) is 2. The molecule has 1 aliphatic rings. The lowest BCUT2D eigenvalue weighted by molar-refractivity contribution is 0.203. The Bertz CT molecular complexity index is 954. The summed E-state index contributed by atoms with van der Waals surface area (Å²) in [5.41, 5.74) is 2.38. The minimum Gasteiger partial charge on any atom is -0.461 e. The van der Waals surface area contributed by atoms with E-state index in [2.05, 4.69) is 39.0 Å². The Hall–Kier alpha value is -2.15. The van der Waals surface area contributed by atoms with Gasteiger partial charge in [0.25, 0.3) is 0 Å². The van der Waals surface area contributed by atoms with Crippen LogP contribution < -0.4 is 0 Å². The van der Waals surface area contributed by atoms with Crippen molar-refractivity contribution in [3.63, 3.8) is 0 Å². The van der Waals surface area contributed by atoms with E-state index in [1.165, 1.54) is 15.3 Å². The Balaban J connectivity index is 1.45. The topological polar surface area (TPSA) is 42.4 Å². The molecule has 1 atom stereocenters. The van der Waals surface area contributed by atoms with E-state index in [1.807, 2.05) is 40.9 Å². The maximum Gasteiger partial charge on any atom is 0.202 e. The van der Waals surface area contributed by atoms with Crippen molar-refractivity contribution in [2.24, 2.45) is 0 Å². The Morgan fingerprint density at radius 1 is 1.12 bits per heavy atom. The number of thiophene rings is 2. The monoisotopic (exact) mass is 368 g/mol. The van der Waals surface area contributed by atoms with Gasteiger partial charge in [-0.3, -0.25) is 4.90 Å². The molecule has 0 N–H and O–H groups in total. The molecule has 0 bridgehead atoms. The second-order valence-corrected chi connectivity index (χ2v) is 8.08. The number of aromatic nitrogens is 1. The Kier molecular flexibility index (Phi) is 3.81. The summed E-state index contributed by atoms with van der Waals surface area (Å²) in [6, 6.07) is 12.7. The van der Waals surface area contributed by atoms with Crippen molar-refractivity contribution < 1.29 is 8.94 Å². The quantitative estimate of drug-likeness (QED) is 0.496. The zero-order valence-corrected chi connectivity index (χ0v) is 15.1. The second-order valence-electron chi connectivity index (χ2n) is 6.10. The van der Waals surface area contributed by atoms with Gasteiger partial charge in [-0.05, 0) is 47.0 Å². The number of hydrogen-bond donors (Lipinski definition) is 0. The van der Waals surface area contributed by atoms with Crippen LogP contribution in [-0.2, 0) is 13.0 Å². The Morgan fingerprint density at radius 3 is 2.96 bits per heavy atom. The van der Waals surface area contributed by atoms with E-state index >= 15 is 0 Å². The largest absolute Gasteiger partial charge is 0.461 e. The molecule has 25 heavy (non-hydrogen) atoms. The Morgan fingerprint density at radius 2 is 2.12 bits per heavy atom. The van der Waals surface area contributed by atoms with E-state index in [0.717, 1.165) is 25.2 Å². The first-order valence-corrected chi connectivity index (χ1v) is 9.97. The van der Waals surface area contributed by atoms with Gasteiger partial charge in [0.2, 0.25) is 5.76 Å². The van der Waals surface area contributed by atoms with Crippen LogP contribution in [-0.4, -0.2) is 16.6 Å². The van der Waals surface area contributed by atoms with E-state index < -0.39 is 0 Å². The third-order valence-corrected chi connectivity index (χ3v) is 6.49. The minimum atomic E-state index is 0.304. The molecule has 0 aromatic carbocycles. The molecular formula is C19H16N2O2S2. The third-order valence-electron chi connectivity index (χ3n) is 4.57. The van der Waals surface area contributed by atoms with Crippen LogP contribution in [0.15, 0.2) is 62.4 Å². The molecule has 0 saturated carbocycles. The number of furan rings is 1. The standard InChI is InChI=1S/C19H16N2O2S2/c1-3-15(22-8-1)16-11-13(20-23-16)12-21-7-5-17-14(6-10-25-17)19(21)18-4-2-9-24-18/h1-4,6,8-11,19H,5,7,12H2/t19-/m0/s1. The van der Waals surface area contributed by atoms with Crippen molar-refractivity contribution in [2.45, 2.75) is 19.0 Å². The lowest BCUT2D eigenvalue weighted by Crippen LogP contribution is -2.34. The van der Waals surface area contributed by atoms with Gasteiger partial charge in [-0.25, -0.2) is 0 Å². The van der Waals surface area contributed by atoms with Gasteiger partial charge in [-0.15, -0.1) is 22.7 Å². The first-order chi connectivity index (χ1) is 12.4. The van der Waals surface area contributed by atoms with Crippen molar-refractivity contribution >= 4 is 22.7 Å². The molecule has 4 aromatic rings. The average Bonchev–Trinajstić information content (AvgIpc) is 3.39. The van der Waals surface area contributed by atoms with E-state index in [9.17, 15) is 0 Å². The van der Waals surface area contributed by atoms with Gasteiger partial charge in [0.05, 0.1) is 18.0 Å². The third kappa shape index (κ3) is 2.76. The number of fused-ring (bicyclic) bond motifs is 1. The molecule has 4 aromatic heterocycles. The Labute approximate surface area is 153 Å². The van der Waals surface area contributed by atoms with Crippen LogP contribution in [0.2, 0.25) is 0 Å². The highest BCUT2D eigenvalue weighted by Crippen LogP contribution is 2.40. The SMILES string of the molecule is c1coc(-c2cc(CN3CCc4sccc4[C@H]3c3cccs3)no2)c1. The van der Waals surface area contributed by atoms with Crippen LogP contribution >= 0.6 is 22.7 Å². The van der Waals surface area contributed by atoms with Crippen LogP contribution in [0.25, 0.3) is 11.5 Å². The summed E-state index contributed by atoms with van der Waals surface area (Å²) < 4.78 is 10.9. The summed E-state index contributed by atoms with van der Waals surface area (Å²) in [4.78, 5) is 5.38. The fraction of sp³-hybridized carbons (Fsp3) is 0.211. The average molecular weight is 368 g/mol. The summed E-state index contributed by atoms with van der Waals surface area (Å²) in [5, 5.41) is 8.62. The van der Waals surface area contributed by atoms with Crippen LogP contribution in [0.1, 0.15) is 27.1 Å². The van der Waals surface area contributed by atoms with Crippen LogP contribution in [0.4, 0.5) is 0 Å². The maximum absolute atomic E-state index is 5.47. The molecule has 126 valence electrons. The number of hydrogen-bond acceptors (Lipinski definition) is 6. The van der Waals surface area contributed by atoms with Crippen molar-refractivity contribution in [1.29, 1.82) is 0 Å². The highest BCUT2D eigenvalue weighted by atomic mass is 32.1.